The molecule has 0 N–H and O–H groups in total. The van der Waals surface area contributed by atoms with Crippen LogP contribution in [-0.4, -0.2) is 37.0 Å². The van der Waals surface area contributed by atoms with E-state index in [1.807, 2.05) is 0 Å². The molecule has 122 valence electrons. The third kappa shape index (κ3) is 3.94. The molecule has 0 fully saturated rings. The molecule has 3 heteroatoms. The summed E-state index contributed by atoms with van der Waals surface area (Å²) in [5.41, 5.74) is 2.53. The van der Waals surface area contributed by atoms with E-state index in [1.165, 1.54) is 29.0 Å². The van der Waals surface area contributed by atoms with Crippen molar-refractivity contribution in [3.8, 4) is 5.75 Å². The van der Waals surface area contributed by atoms with Crippen LogP contribution in [0.5, 0.6) is 5.75 Å². The Hall–Kier alpha value is -1.50. The van der Waals surface area contributed by atoms with E-state index in [0.717, 1.165) is 5.75 Å². The van der Waals surface area contributed by atoms with Gasteiger partial charge in [-0.3, -0.25) is 0 Å². The van der Waals surface area contributed by atoms with Crippen molar-refractivity contribution in [2.45, 2.75) is 13.8 Å². The number of ether oxygens (including phenoxy) is 1. The van der Waals surface area contributed by atoms with Crippen molar-refractivity contribution < 1.29 is 4.74 Å². The first-order valence-corrected chi connectivity index (χ1v) is 11.3. The summed E-state index contributed by atoms with van der Waals surface area (Å²) in [7, 11) is 1.77. The molecule has 0 bridgehead atoms. The topological polar surface area (TPSA) is 9.23 Å². The van der Waals surface area contributed by atoms with E-state index in [9.17, 15) is 0 Å². The Kier molecular flexibility index (Phi) is 5.81. The minimum atomic E-state index is 0.290. The molecular weight excluding hydrogens is 426 g/mol. The predicted octanol–water partition coefficient (Wildman–Crippen LogP) is 1.62. The quantitative estimate of drug-likeness (QED) is 0.542. The van der Waals surface area contributed by atoms with Crippen LogP contribution in [0, 0.1) is 13.8 Å². The summed E-state index contributed by atoms with van der Waals surface area (Å²) in [6.07, 6.45) is 0. The molecule has 1 nitrogen and oxygen atoms in total. The number of benzene rings is 3. The summed E-state index contributed by atoms with van der Waals surface area (Å²) in [5, 5.41) is 0. The van der Waals surface area contributed by atoms with E-state index in [4.69, 9.17) is 4.74 Å². The van der Waals surface area contributed by atoms with Gasteiger partial charge in [-0.25, -0.2) is 0 Å². The second kappa shape index (κ2) is 8.05. The van der Waals surface area contributed by atoms with E-state index in [1.54, 1.807) is 7.11 Å². The molecule has 0 saturated carbocycles. The van der Waals surface area contributed by atoms with Crippen molar-refractivity contribution in [1.29, 1.82) is 0 Å². The molecule has 0 heterocycles. The maximum atomic E-state index is 5.68. The first-order chi connectivity index (χ1) is 11.7. The Morgan fingerprint density at radius 1 is 0.750 bits per heavy atom. The van der Waals surface area contributed by atoms with Gasteiger partial charge in [-0.2, -0.15) is 0 Å². The molecule has 0 radical (unpaired) electrons. The maximum absolute atomic E-state index is 5.68. The van der Waals surface area contributed by atoms with Gasteiger partial charge in [-0.15, -0.1) is 0 Å². The molecule has 0 atom stereocenters. The normalized spacial score (nSPS) is 10.6. The van der Waals surface area contributed by atoms with E-state index >= 15 is 0 Å². The van der Waals surface area contributed by atoms with E-state index in [0.29, 0.717) is 15.0 Å². The van der Waals surface area contributed by atoms with Crippen LogP contribution in [0.2, 0.25) is 0 Å². The SMILES string of the molecule is COc1c(C)cc([Se]c2ccccc2)c([Se]c2ccccc2)c1C. The number of aryl methyl sites for hydroxylation is 1. The third-order valence-electron chi connectivity index (χ3n) is 3.75. The van der Waals surface area contributed by atoms with Crippen LogP contribution in [0.15, 0.2) is 66.7 Å². The summed E-state index contributed by atoms with van der Waals surface area (Å²) in [6.45, 7) is 4.35. The fourth-order valence-electron chi connectivity index (χ4n) is 2.65. The molecule has 0 aliphatic carbocycles. The van der Waals surface area contributed by atoms with Gasteiger partial charge >= 0.3 is 157 Å². The summed E-state index contributed by atoms with van der Waals surface area (Å²) in [6, 6.07) is 23.9. The summed E-state index contributed by atoms with van der Waals surface area (Å²) < 4.78 is 11.5. The Bertz CT molecular complexity index is 814. The van der Waals surface area contributed by atoms with Crippen molar-refractivity contribution in [2.75, 3.05) is 7.11 Å². The number of methoxy groups -OCH3 is 1. The van der Waals surface area contributed by atoms with E-state index in [-0.39, 0.29) is 15.0 Å². The molecule has 3 rings (SSSR count). The van der Waals surface area contributed by atoms with Gasteiger partial charge in [0.1, 0.15) is 0 Å². The monoisotopic (exact) mass is 448 g/mol. The molecule has 0 amide bonds. The molecule has 0 aliphatic heterocycles. The second-order valence-electron chi connectivity index (χ2n) is 5.51. The average molecular weight is 446 g/mol. The molecule has 3 aromatic carbocycles. The Balaban J connectivity index is 2.05. The molecule has 0 saturated heterocycles. The zero-order valence-electron chi connectivity index (χ0n) is 14.1. The van der Waals surface area contributed by atoms with E-state index in [2.05, 4.69) is 80.6 Å². The van der Waals surface area contributed by atoms with Gasteiger partial charge in [0.25, 0.3) is 0 Å². The Morgan fingerprint density at radius 2 is 1.29 bits per heavy atom. The van der Waals surface area contributed by atoms with Crippen LogP contribution in [0.1, 0.15) is 11.1 Å². The Labute approximate surface area is 156 Å². The molecule has 0 aromatic heterocycles. The third-order valence-corrected chi connectivity index (χ3v) is 9.20. The van der Waals surface area contributed by atoms with Gasteiger partial charge in [0.15, 0.2) is 0 Å². The van der Waals surface area contributed by atoms with Crippen LogP contribution in [0.4, 0.5) is 0 Å². The van der Waals surface area contributed by atoms with Gasteiger partial charge in [0.2, 0.25) is 0 Å². The van der Waals surface area contributed by atoms with E-state index < -0.39 is 0 Å². The second-order valence-corrected chi connectivity index (χ2v) is 10.1. The zero-order chi connectivity index (χ0) is 16.9. The Morgan fingerprint density at radius 3 is 1.83 bits per heavy atom. The van der Waals surface area contributed by atoms with Crippen molar-refractivity contribution in [2.24, 2.45) is 0 Å². The van der Waals surface area contributed by atoms with Crippen molar-refractivity contribution >= 4 is 47.8 Å². The van der Waals surface area contributed by atoms with Crippen LogP contribution in [-0.2, 0) is 0 Å². The summed E-state index contributed by atoms with van der Waals surface area (Å²) in [4.78, 5) is 0. The van der Waals surface area contributed by atoms with Crippen molar-refractivity contribution in [3.63, 3.8) is 0 Å². The zero-order valence-corrected chi connectivity index (χ0v) is 17.5. The van der Waals surface area contributed by atoms with Crippen molar-refractivity contribution in [1.82, 2.24) is 0 Å². The average Bonchev–Trinajstić information content (AvgIpc) is 2.60. The molecular formula is C21H20OSe2. The first-order valence-electron chi connectivity index (χ1n) is 7.83. The molecule has 0 aliphatic rings. The fourth-order valence-corrected chi connectivity index (χ4v) is 7.68. The van der Waals surface area contributed by atoms with Crippen LogP contribution >= 0.6 is 0 Å². The number of hydrogen-bond acceptors (Lipinski definition) is 1. The standard InChI is InChI=1S/C21H20OSe2/c1-15-14-19(23-17-10-6-4-7-11-17)21(16(2)20(15)22-3)24-18-12-8-5-9-13-18/h4-14H,1-3H3. The molecule has 3 aromatic rings. The summed E-state index contributed by atoms with van der Waals surface area (Å²) >= 11 is 0.604. The van der Waals surface area contributed by atoms with Gasteiger partial charge in [0, 0.05) is 0 Å². The molecule has 0 spiro atoms. The van der Waals surface area contributed by atoms with Crippen molar-refractivity contribution in [3.05, 3.63) is 77.9 Å². The minimum absolute atomic E-state index is 0.290. The first kappa shape index (κ1) is 17.3. The number of hydrogen-bond donors (Lipinski definition) is 0. The van der Waals surface area contributed by atoms with Gasteiger partial charge in [0.05, 0.1) is 0 Å². The van der Waals surface area contributed by atoms with Gasteiger partial charge in [-0.05, 0) is 0 Å². The predicted molar refractivity (Wildman–Crippen MR) is 105 cm³/mol. The van der Waals surface area contributed by atoms with Crippen LogP contribution in [0.25, 0.3) is 0 Å². The van der Waals surface area contributed by atoms with Gasteiger partial charge < -0.3 is 0 Å². The van der Waals surface area contributed by atoms with Gasteiger partial charge in [-0.1, -0.05) is 0 Å². The van der Waals surface area contributed by atoms with Crippen LogP contribution in [0.3, 0.4) is 0 Å². The van der Waals surface area contributed by atoms with Crippen LogP contribution < -0.4 is 22.6 Å². The number of rotatable bonds is 5. The molecule has 0 unspecified atom stereocenters. The summed E-state index contributed by atoms with van der Waals surface area (Å²) in [5.74, 6) is 1.04. The molecule has 24 heavy (non-hydrogen) atoms. The fraction of sp³-hybridized carbons (Fsp3) is 0.143.